The molecule has 0 radical (unpaired) electrons. The van der Waals surface area contributed by atoms with E-state index >= 15 is 0 Å². The lowest BCUT2D eigenvalue weighted by molar-refractivity contribution is 0.0596. The van der Waals surface area contributed by atoms with Crippen molar-refractivity contribution in [3.63, 3.8) is 0 Å². The van der Waals surface area contributed by atoms with E-state index in [1.165, 1.54) is 14.2 Å². The quantitative estimate of drug-likeness (QED) is 0.784. The number of fused-ring (bicyclic) bond motifs is 1. The predicted molar refractivity (Wildman–Crippen MR) is 61.4 cm³/mol. The Kier molecular flexibility index (Phi) is 3.19. The van der Waals surface area contributed by atoms with Crippen LogP contribution < -0.4 is 15.2 Å². The van der Waals surface area contributed by atoms with Gasteiger partial charge in [-0.3, -0.25) is 0 Å². The molecule has 1 aromatic rings. The molecular weight excluding hydrogens is 222 g/mol. The highest BCUT2D eigenvalue weighted by Gasteiger charge is 2.23. The molecule has 0 saturated heterocycles. The average molecular weight is 237 g/mol. The Labute approximate surface area is 99.5 Å². The lowest BCUT2D eigenvalue weighted by Crippen LogP contribution is -2.21. The van der Waals surface area contributed by atoms with Gasteiger partial charge in [0, 0.05) is 24.1 Å². The van der Waals surface area contributed by atoms with Crippen molar-refractivity contribution >= 4 is 5.97 Å². The van der Waals surface area contributed by atoms with E-state index < -0.39 is 5.97 Å². The highest BCUT2D eigenvalue weighted by atomic mass is 16.5. The van der Waals surface area contributed by atoms with Crippen LogP contribution in [0, 0.1) is 0 Å². The number of carbonyl (C=O) groups is 1. The van der Waals surface area contributed by atoms with Crippen molar-refractivity contribution in [3.05, 3.63) is 23.3 Å². The second kappa shape index (κ2) is 4.63. The van der Waals surface area contributed by atoms with Gasteiger partial charge >= 0.3 is 5.97 Å². The van der Waals surface area contributed by atoms with Gasteiger partial charge in [0.25, 0.3) is 0 Å². The molecule has 0 spiro atoms. The fraction of sp³-hybridized carbons (Fsp3) is 0.417. The predicted octanol–water partition coefficient (Wildman–Crippen LogP) is 1.26. The van der Waals surface area contributed by atoms with Gasteiger partial charge in [-0.05, 0) is 6.07 Å². The summed E-state index contributed by atoms with van der Waals surface area (Å²) in [6.45, 7) is 0.578. The number of carbonyl (C=O) groups excluding carboxylic acids is 1. The van der Waals surface area contributed by atoms with Gasteiger partial charge in [0.2, 0.25) is 0 Å². The van der Waals surface area contributed by atoms with Gasteiger partial charge in [-0.15, -0.1) is 0 Å². The largest absolute Gasteiger partial charge is 0.496 e. The Morgan fingerprint density at radius 2 is 2.24 bits per heavy atom. The van der Waals surface area contributed by atoms with Crippen LogP contribution in [-0.2, 0) is 4.74 Å². The summed E-state index contributed by atoms with van der Waals surface area (Å²) in [6.07, 6.45) is 0.736. The van der Waals surface area contributed by atoms with Gasteiger partial charge in [0.15, 0.2) is 0 Å². The minimum Gasteiger partial charge on any atom is -0.496 e. The topological polar surface area (TPSA) is 70.8 Å². The molecule has 2 rings (SSSR count). The molecule has 0 aromatic heterocycles. The molecule has 2 N–H and O–H groups in total. The summed E-state index contributed by atoms with van der Waals surface area (Å²) >= 11 is 0. The lowest BCUT2D eigenvalue weighted by atomic mass is 9.98. The first kappa shape index (κ1) is 11.7. The summed E-state index contributed by atoms with van der Waals surface area (Å²) in [4.78, 5) is 11.6. The zero-order valence-electron chi connectivity index (χ0n) is 9.86. The summed E-state index contributed by atoms with van der Waals surface area (Å²) < 4.78 is 15.3. The molecule has 0 fully saturated rings. The van der Waals surface area contributed by atoms with Gasteiger partial charge in [-0.1, -0.05) is 0 Å². The van der Waals surface area contributed by atoms with E-state index in [-0.39, 0.29) is 6.04 Å². The minimum atomic E-state index is -0.442. The summed E-state index contributed by atoms with van der Waals surface area (Å²) in [7, 11) is 2.83. The van der Waals surface area contributed by atoms with Crippen LogP contribution in [0.4, 0.5) is 0 Å². The van der Waals surface area contributed by atoms with E-state index in [1.54, 1.807) is 12.1 Å². The van der Waals surface area contributed by atoms with Gasteiger partial charge in [-0.2, -0.15) is 0 Å². The highest BCUT2D eigenvalue weighted by molar-refractivity contribution is 5.93. The number of methoxy groups -OCH3 is 2. The molecular formula is C12H15NO4. The van der Waals surface area contributed by atoms with E-state index in [4.69, 9.17) is 19.9 Å². The van der Waals surface area contributed by atoms with Crippen LogP contribution >= 0.6 is 0 Å². The highest BCUT2D eigenvalue weighted by Crippen LogP contribution is 2.36. The third kappa shape index (κ3) is 2.06. The molecule has 0 saturated carbocycles. The van der Waals surface area contributed by atoms with Crippen LogP contribution in [0.3, 0.4) is 0 Å². The van der Waals surface area contributed by atoms with E-state index in [9.17, 15) is 4.79 Å². The van der Waals surface area contributed by atoms with Crippen molar-refractivity contribution in [3.8, 4) is 11.5 Å². The van der Waals surface area contributed by atoms with Gasteiger partial charge in [0.1, 0.15) is 17.1 Å². The summed E-state index contributed by atoms with van der Waals surface area (Å²) in [5.41, 5.74) is 7.16. The molecule has 0 aliphatic carbocycles. The number of hydrogen-bond acceptors (Lipinski definition) is 5. The maximum Gasteiger partial charge on any atom is 0.341 e. The number of hydrogen-bond donors (Lipinski definition) is 1. The summed E-state index contributed by atoms with van der Waals surface area (Å²) in [5.74, 6) is 0.667. The number of rotatable bonds is 2. The minimum absolute atomic E-state index is 0.118. The maximum atomic E-state index is 11.6. The van der Waals surface area contributed by atoms with E-state index in [2.05, 4.69) is 0 Å². The summed E-state index contributed by atoms with van der Waals surface area (Å²) in [6, 6.07) is 3.25. The molecule has 92 valence electrons. The molecule has 0 unspecified atom stereocenters. The molecule has 1 heterocycles. The molecule has 1 atom stereocenters. The van der Waals surface area contributed by atoms with Crippen LogP contribution in [0.15, 0.2) is 12.1 Å². The Balaban J connectivity index is 2.52. The Morgan fingerprint density at radius 3 is 2.88 bits per heavy atom. The Hall–Kier alpha value is -1.75. The average Bonchev–Trinajstić information content (AvgIpc) is 2.37. The van der Waals surface area contributed by atoms with Crippen LogP contribution in [-0.4, -0.2) is 26.8 Å². The first-order valence-electron chi connectivity index (χ1n) is 5.36. The van der Waals surface area contributed by atoms with Crippen molar-refractivity contribution in [2.45, 2.75) is 12.5 Å². The van der Waals surface area contributed by atoms with Crippen LogP contribution in [0.25, 0.3) is 0 Å². The second-order valence-corrected chi connectivity index (χ2v) is 3.83. The fourth-order valence-corrected chi connectivity index (χ4v) is 1.88. The normalized spacial score (nSPS) is 17.9. The Morgan fingerprint density at radius 1 is 1.47 bits per heavy atom. The standard InChI is InChI=1S/C12H15NO4/c1-15-10-6-11-7(9(13)3-4-17-11)5-8(10)12(14)16-2/h5-6,9H,3-4,13H2,1-2H3/t9-/m0/s1. The van der Waals surface area contributed by atoms with Crippen molar-refractivity contribution in [1.82, 2.24) is 0 Å². The SMILES string of the molecule is COC(=O)c1cc2c(cc1OC)OCC[C@@H]2N. The Bertz CT molecular complexity index is 444. The smallest absolute Gasteiger partial charge is 0.341 e. The van der Waals surface area contributed by atoms with Crippen molar-refractivity contribution in [2.24, 2.45) is 5.73 Å². The second-order valence-electron chi connectivity index (χ2n) is 3.83. The molecule has 0 bridgehead atoms. The fourth-order valence-electron chi connectivity index (χ4n) is 1.88. The van der Waals surface area contributed by atoms with Gasteiger partial charge < -0.3 is 19.9 Å². The van der Waals surface area contributed by atoms with Gasteiger partial charge in [-0.25, -0.2) is 4.79 Å². The molecule has 1 aliphatic heterocycles. The van der Waals surface area contributed by atoms with Crippen molar-refractivity contribution in [1.29, 1.82) is 0 Å². The molecule has 5 heteroatoms. The monoisotopic (exact) mass is 237 g/mol. The first-order chi connectivity index (χ1) is 8.17. The van der Waals surface area contributed by atoms with Crippen molar-refractivity contribution < 1.29 is 19.0 Å². The molecule has 0 amide bonds. The number of nitrogens with two attached hydrogens (primary N) is 1. The number of esters is 1. The van der Waals surface area contributed by atoms with Gasteiger partial charge in [0.05, 0.1) is 20.8 Å². The molecule has 5 nitrogen and oxygen atoms in total. The molecule has 1 aromatic carbocycles. The third-order valence-corrected chi connectivity index (χ3v) is 2.82. The molecule has 17 heavy (non-hydrogen) atoms. The molecule has 1 aliphatic rings. The lowest BCUT2D eigenvalue weighted by Gasteiger charge is -2.24. The van der Waals surface area contributed by atoms with E-state index in [1.807, 2.05) is 0 Å². The number of benzene rings is 1. The van der Waals surface area contributed by atoms with Crippen molar-refractivity contribution in [2.75, 3.05) is 20.8 Å². The zero-order valence-corrected chi connectivity index (χ0v) is 9.86. The summed E-state index contributed by atoms with van der Waals surface area (Å²) in [5, 5.41) is 0. The first-order valence-corrected chi connectivity index (χ1v) is 5.36. The van der Waals surface area contributed by atoms with E-state index in [0.717, 1.165) is 12.0 Å². The van der Waals surface area contributed by atoms with E-state index in [0.29, 0.717) is 23.7 Å². The maximum absolute atomic E-state index is 11.6. The van der Waals surface area contributed by atoms with Crippen LogP contribution in [0.5, 0.6) is 11.5 Å². The van der Waals surface area contributed by atoms with Crippen LogP contribution in [0.2, 0.25) is 0 Å². The third-order valence-electron chi connectivity index (χ3n) is 2.82. The number of ether oxygens (including phenoxy) is 3. The van der Waals surface area contributed by atoms with Crippen LogP contribution in [0.1, 0.15) is 28.4 Å². The zero-order chi connectivity index (χ0) is 12.4.